The Morgan fingerprint density at radius 3 is 2.64 bits per heavy atom. The molecule has 0 aromatic heterocycles. The maximum atomic E-state index is 9.38. The van der Waals surface area contributed by atoms with Gasteiger partial charge in [-0.3, -0.25) is 0 Å². The Balaban J connectivity index is 2.36. The van der Waals surface area contributed by atoms with Gasteiger partial charge in [-0.2, -0.15) is 0 Å². The number of aromatic hydroxyl groups is 1. The molecule has 1 N–H and O–H groups in total. The van der Waals surface area contributed by atoms with E-state index in [2.05, 4.69) is 6.07 Å². The molecule has 56 valence electrons. The second kappa shape index (κ2) is 2.30. The molecular weight excluding hydrogens is 135 g/mol. The summed E-state index contributed by atoms with van der Waals surface area (Å²) in [7, 11) is 1.92. The molecule has 0 heterocycles. The molecule has 1 aliphatic rings. The molecule has 0 unspecified atom stereocenters. The lowest BCUT2D eigenvalue weighted by atomic mass is 9.93. The molecule has 1 saturated carbocycles. The fraction of sp³-hybridized carbons (Fsp3) is 0.333. The topological polar surface area (TPSA) is 20.2 Å². The van der Waals surface area contributed by atoms with E-state index in [9.17, 15) is 5.11 Å². The molecule has 1 fully saturated rings. The lowest BCUT2D eigenvalue weighted by Crippen LogP contribution is -2.01. The van der Waals surface area contributed by atoms with Crippen LogP contribution in [0.25, 0.3) is 0 Å². The highest BCUT2D eigenvalue weighted by molar-refractivity contribution is 6.34. The molecule has 1 aromatic carbocycles. The lowest BCUT2D eigenvalue weighted by molar-refractivity contribution is 0.479. The molecule has 0 saturated heterocycles. The molecule has 1 aliphatic carbocycles. The largest absolute Gasteiger partial charge is 0.509 e. The van der Waals surface area contributed by atoms with Gasteiger partial charge >= 0.3 is 0 Å². The summed E-state index contributed by atoms with van der Waals surface area (Å²) in [6, 6.07) is 6.00. The van der Waals surface area contributed by atoms with Crippen molar-refractivity contribution in [1.29, 1.82) is 0 Å². The van der Waals surface area contributed by atoms with Gasteiger partial charge in [0.1, 0.15) is 13.6 Å². The quantitative estimate of drug-likeness (QED) is 0.573. The molecule has 2 rings (SSSR count). The van der Waals surface area contributed by atoms with Crippen molar-refractivity contribution in [2.24, 2.45) is 0 Å². The predicted octanol–water partition coefficient (Wildman–Crippen LogP) is 0.528. The van der Waals surface area contributed by atoms with Gasteiger partial charge in [-0.25, -0.2) is 0 Å². The first-order valence-electron chi connectivity index (χ1n) is 4.07. The molecular formula is C9H11BO. The number of hydrogen-bond donors (Lipinski definition) is 1. The van der Waals surface area contributed by atoms with Crippen molar-refractivity contribution < 1.29 is 5.11 Å². The number of benzene rings is 1. The summed E-state index contributed by atoms with van der Waals surface area (Å²) in [6.07, 6.45) is 2.59. The van der Waals surface area contributed by atoms with Gasteiger partial charge in [0.05, 0.1) is 0 Å². The van der Waals surface area contributed by atoms with Gasteiger partial charge in [0.2, 0.25) is 0 Å². The standard InChI is InChI=1S/C9H11BO/c10-8-4-3-7(5-9(8)11)6-1-2-6/h3-6,11H,1-2,10H2. The van der Waals surface area contributed by atoms with E-state index >= 15 is 0 Å². The number of phenols is 1. The molecule has 0 amide bonds. The minimum Gasteiger partial charge on any atom is -0.509 e. The molecule has 1 aromatic rings. The zero-order valence-corrected chi connectivity index (χ0v) is 6.67. The first kappa shape index (κ1) is 6.77. The van der Waals surface area contributed by atoms with Crippen molar-refractivity contribution in [1.82, 2.24) is 0 Å². The fourth-order valence-electron chi connectivity index (χ4n) is 1.30. The van der Waals surface area contributed by atoms with Crippen LogP contribution in [-0.4, -0.2) is 13.0 Å². The third-order valence-corrected chi connectivity index (χ3v) is 2.28. The van der Waals surface area contributed by atoms with Gasteiger partial charge < -0.3 is 5.11 Å². The number of hydrogen-bond acceptors (Lipinski definition) is 1. The molecule has 0 atom stereocenters. The molecule has 0 bridgehead atoms. The van der Waals surface area contributed by atoms with Crippen molar-refractivity contribution in [3.63, 3.8) is 0 Å². The van der Waals surface area contributed by atoms with Crippen LogP contribution >= 0.6 is 0 Å². The maximum absolute atomic E-state index is 9.38. The first-order valence-corrected chi connectivity index (χ1v) is 4.07. The van der Waals surface area contributed by atoms with Crippen LogP contribution in [0, 0.1) is 0 Å². The van der Waals surface area contributed by atoms with Crippen molar-refractivity contribution in [3.8, 4) is 5.75 Å². The second-order valence-corrected chi connectivity index (χ2v) is 3.32. The maximum Gasteiger partial charge on any atom is 0.144 e. The van der Waals surface area contributed by atoms with Crippen LogP contribution in [-0.2, 0) is 0 Å². The summed E-state index contributed by atoms with van der Waals surface area (Å²) < 4.78 is 0. The van der Waals surface area contributed by atoms with Crippen LogP contribution in [0.2, 0.25) is 0 Å². The highest BCUT2D eigenvalue weighted by Crippen LogP contribution is 2.40. The minimum atomic E-state index is 0.439. The van der Waals surface area contributed by atoms with Crippen LogP contribution in [0.4, 0.5) is 0 Å². The van der Waals surface area contributed by atoms with Gasteiger partial charge in [0.15, 0.2) is 0 Å². The summed E-state index contributed by atoms with van der Waals surface area (Å²) in [6.45, 7) is 0. The van der Waals surface area contributed by atoms with Crippen LogP contribution in [0.3, 0.4) is 0 Å². The van der Waals surface area contributed by atoms with Crippen molar-refractivity contribution in [2.45, 2.75) is 18.8 Å². The molecule has 2 heteroatoms. The average molecular weight is 146 g/mol. The Labute approximate surface area is 67.5 Å². The van der Waals surface area contributed by atoms with Crippen LogP contribution < -0.4 is 5.46 Å². The third-order valence-electron chi connectivity index (χ3n) is 2.28. The van der Waals surface area contributed by atoms with E-state index in [0.717, 1.165) is 11.4 Å². The third kappa shape index (κ3) is 1.25. The smallest absolute Gasteiger partial charge is 0.144 e. The molecule has 1 nitrogen and oxygen atoms in total. The van der Waals surface area contributed by atoms with E-state index in [4.69, 9.17) is 0 Å². The van der Waals surface area contributed by atoms with E-state index in [1.54, 1.807) is 0 Å². The van der Waals surface area contributed by atoms with Crippen LogP contribution in [0.15, 0.2) is 18.2 Å². The van der Waals surface area contributed by atoms with Gasteiger partial charge in [-0.15, -0.1) is 0 Å². The Kier molecular flexibility index (Phi) is 1.41. The van der Waals surface area contributed by atoms with Crippen LogP contribution in [0.5, 0.6) is 5.75 Å². The Morgan fingerprint density at radius 1 is 1.36 bits per heavy atom. The van der Waals surface area contributed by atoms with Gasteiger partial charge in [-0.05, 0) is 35.9 Å². The van der Waals surface area contributed by atoms with Gasteiger partial charge in [-0.1, -0.05) is 12.1 Å². The Morgan fingerprint density at radius 2 is 2.09 bits per heavy atom. The van der Waals surface area contributed by atoms with E-state index in [1.165, 1.54) is 18.4 Å². The summed E-state index contributed by atoms with van der Waals surface area (Å²) in [5.74, 6) is 1.18. The Hall–Kier alpha value is -0.915. The summed E-state index contributed by atoms with van der Waals surface area (Å²) in [5, 5.41) is 9.38. The average Bonchev–Trinajstić information content (AvgIpc) is 2.77. The summed E-state index contributed by atoms with van der Waals surface area (Å²) >= 11 is 0. The van der Waals surface area contributed by atoms with Crippen LogP contribution in [0.1, 0.15) is 24.3 Å². The summed E-state index contributed by atoms with van der Waals surface area (Å²) in [5.41, 5.74) is 2.27. The molecule has 11 heavy (non-hydrogen) atoms. The van der Waals surface area contributed by atoms with Gasteiger partial charge in [0.25, 0.3) is 0 Å². The number of rotatable bonds is 1. The van der Waals surface area contributed by atoms with E-state index in [-0.39, 0.29) is 0 Å². The SMILES string of the molecule is Bc1ccc(C2CC2)cc1O. The zero-order chi connectivity index (χ0) is 7.84. The molecule has 0 aliphatic heterocycles. The first-order chi connectivity index (χ1) is 5.27. The van der Waals surface area contributed by atoms with Crippen molar-refractivity contribution in [3.05, 3.63) is 23.8 Å². The fourth-order valence-corrected chi connectivity index (χ4v) is 1.30. The van der Waals surface area contributed by atoms with E-state index in [0.29, 0.717) is 5.75 Å². The molecule has 0 spiro atoms. The second-order valence-electron chi connectivity index (χ2n) is 3.32. The monoisotopic (exact) mass is 146 g/mol. The molecule has 0 radical (unpaired) electrons. The Bertz CT molecular complexity index is 279. The van der Waals surface area contributed by atoms with E-state index in [1.807, 2.05) is 20.0 Å². The van der Waals surface area contributed by atoms with Crippen molar-refractivity contribution >= 4 is 13.3 Å². The normalized spacial score (nSPS) is 16.7. The van der Waals surface area contributed by atoms with Crippen molar-refractivity contribution in [2.75, 3.05) is 0 Å². The highest BCUT2D eigenvalue weighted by atomic mass is 16.3. The van der Waals surface area contributed by atoms with E-state index < -0.39 is 0 Å². The highest BCUT2D eigenvalue weighted by Gasteiger charge is 2.23. The number of phenolic OH excluding ortho intramolecular Hbond substituents is 1. The zero-order valence-electron chi connectivity index (χ0n) is 6.67. The lowest BCUT2D eigenvalue weighted by Gasteiger charge is -2.01. The summed E-state index contributed by atoms with van der Waals surface area (Å²) in [4.78, 5) is 0. The minimum absolute atomic E-state index is 0.439. The van der Waals surface area contributed by atoms with Gasteiger partial charge in [0, 0.05) is 0 Å². The predicted molar refractivity (Wildman–Crippen MR) is 48.3 cm³/mol.